The van der Waals surface area contributed by atoms with Gasteiger partial charge in [0.05, 0.1) is 12.0 Å². The lowest BCUT2D eigenvalue weighted by Gasteiger charge is -2.19. The van der Waals surface area contributed by atoms with Gasteiger partial charge in [-0.05, 0) is 73.9 Å². The molecule has 0 spiro atoms. The first-order chi connectivity index (χ1) is 21.8. The molecule has 13 heteroatoms. The number of carbonyl (C=O) groups is 3. The van der Waals surface area contributed by atoms with Crippen LogP contribution in [-0.2, 0) is 26.1 Å². The van der Waals surface area contributed by atoms with Gasteiger partial charge >= 0.3 is 11.9 Å². The molecule has 0 aliphatic carbocycles. The average Bonchev–Trinajstić information content (AvgIpc) is 3.91. The molecular weight excluding hydrogens is 627 g/mol. The summed E-state index contributed by atoms with van der Waals surface area (Å²) in [7, 11) is 0. The second kappa shape index (κ2) is 10.8. The lowest BCUT2D eigenvalue weighted by molar-refractivity contribution is -0.137. The number of hydrogen-bond acceptors (Lipinski definition) is 8. The Bertz CT molecular complexity index is 1720. The van der Waals surface area contributed by atoms with Crippen LogP contribution in [0.2, 0.25) is 0 Å². The number of aromatic nitrogens is 1. The molecule has 6 fully saturated rings. The Hall–Kier alpha value is -3.39. The summed E-state index contributed by atoms with van der Waals surface area (Å²) < 4.78 is 0. The number of aliphatic carboxylic acids is 2. The Labute approximate surface area is 276 Å². The van der Waals surface area contributed by atoms with E-state index < -0.39 is 18.2 Å². The van der Waals surface area contributed by atoms with Crippen molar-refractivity contribution in [3.63, 3.8) is 0 Å². The molecule has 6 N–H and O–H groups in total. The van der Waals surface area contributed by atoms with Crippen molar-refractivity contribution in [3.05, 3.63) is 62.8 Å². The van der Waals surface area contributed by atoms with Crippen LogP contribution >= 0.6 is 12.6 Å². The molecule has 1 aromatic rings. The number of amides is 1. The number of carboxylic acids is 2. The minimum Gasteiger partial charge on any atom is -0.481 e. The summed E-state index contributed by atoms with van der Waals surface area (Å²) in [4.78, 5) is 39.7. The fourth-order valence-corrected chi connectivity index (χ4v) is 9.39. The molecule has 0 saturated carbocycles. The zero-order valence-corrected chi connectivity index (χ0v) is 28.0. The van der Waals surface area contributed by atoms with Crippen molar-refractivity contribution in [2.75, 3.05) is 11.5 Å². The molecule has 8 atom stereocenters. The summed E-state index contributed by atoms with van der Waals surface area (Å²) in [6.45, 7) is 8.10. The quantitative estimate of drug-likeness (QED) is 0.0816. The maximum absolute atomic E-state index is 13.0. The molecule has 0 radical (unpaired) electrons. The Balaban J connectivity index is 1.24. The van der Waals surface area contributed by atoms with Gasteiger partial charge in [-0.1, -0.05) is 13.0 Å². The van der Waals surface area contributed by atoms with Gasteiger partial charge in [0.2, 0.25) is 0 Å². The monoisotopic (exact) mass is 666 g/mol. The fraction of sp³-hybridized carbons (Fsp3) is 0.485. The highest BCUT2D eigenvalue weighted by molar-refractivity contribution is 7.86. The van der Waals surface area contributed by atoms with Gasteiger partial charge in [0, 0.05) is 64.5 Å². The number of allylic oxidation sites excluding steroid dienone is 2. The number of rotatable bonds is 11. The van der Waals surface area contributed by atoms with E-state index in [1.165, 1.54) is 11.8 Å². The maximum Gasteiger partial charge on any atom is 0.328 e. The molecule has 6 saturated heterocycles. The summed E-state index contributed by atoms with van der Waals surface area (Å²) in [5.41, 5.74) is 6.85. The smallest absolute Gasteiger partial charge is 0.328 e. The van der Waals surface area contributed by atoms with Crippen LogP contribution in [0.15, 0.2) is 40.3 Å². The van der Waals surface area contributed by atoms with E-state index in [-0.39, 0.29) is 41.4 Å². The number of carbonyl (C=O) groups excluding carboxylic acids is 1. The summed E-state index contributed by atoms with van der Waals surface area (Å²) in [5.74, 6) is -0.0141. The maximum atomic E-state index is 13.0. The van der Waals surface area contributed by atoms with Crippen molar-refractivity contribution in [2.45, 2.75) is 75.7 Å². The normalized spacial score (nSPS) is 37.9. The number of nitrogens with one attached hydrogen (secondary N) is 3. The number of hydrogen-bond donors (Lipinski definition) is 7. The first-order valence-corrected chi connectivity index (χ1v) is 17.5. The van der Waals surface area contributed by atoms with Gasteiger partial charge in [0.25, 0.3) is 5.91 Å². The minimum absolute atomic E-state index is 0.0264. The van der Waals surface area contributed by atoms with Crippen LogP contribution in [0, 0.1) is 18.8 Å². The van der Waals surface area contributed by atoms with E-state index in [2.05, 4.69) is 47.1 Å². The lowest BCUT2D eigenvalue weighted by atomic mass is 9.90. The van der Waals surface area contributed by atoms with E-state index in [4.69, 9.17) is 0 Å². The lowest BCUT2D eigenvalue weighted by Crippen LogP contribution is -2.36. The Morgan fingerprint density at radius 1 is 1.17 bits per heavy atom. The van der Waals surface area contributed by atoms with Crippen molar-refractivity contribution in [3.8, 4) is 0 Å². The van der Waals surface area contributed by atoms with Crippen LogP contribution in [0.5, 0.6) is 0 Å². The van der Waals surface area contributed by atoms with Gasteiger partial charge in [-0.25, -0.2) is 9.80 Å². The number of aliphatic hydroxyl groups excluding tert-OH is 1. The number of hydrazine groups is 1. The van der Waals surface area contributed by atoms with Gasteiger partial charge in [-0.15, -0.1) is 0 Å². The van der Waals surface area contributed by atoms with Crippen LogP contribution < -0.4 is 10.6 Å². The topological polar surface area (TPSA) is 158 Å². The highest BCUT2D eigenvalue weighted by Gasteiger charge is 3.00. The Morgan fingerprint density at radius 3 is 2.54 bits per heavy atom. The molecule has 1 aromatic heterocycles. The second-order valence-electron chi connectivity index (χ2n) is 13.3. The molecular formula is C33H40N5O6S2+. The predicted octanol–water partition coefficient (Wildman–Crippen LogP) is 2.41. The number of thiol groups is 2. The van der Waals surface area contributed by atoms with E-state index in [0.717, 1.165) is 51.2 Å². The highest BCUT2D eigenvalue weighted by Crippen LogP contribution is 2.80. The minimum atomic E-state index is -1.06. The largest absolute Gasteiger partial charge is 0.481 e. The van der Waals surface area contributed by atoms with Crippen molar-refractivity contribution < 1.29 is 29.7 Å². The van der Waals surface area contributed by atoms with E-state index in [1.807, 2.05) is 37.1 Å². The molecule has 8 rings (SSSR count). The molecule has 1 amide bonds. The fourth-order valence-electron chi connectivity index (χ4n) is 8.20. The van der Waals surface area contributed by atoms with E-state index in [0.29, 0.717) is 35.1 Å². The van der Waals surface area contributed by atoms with Crippen LogP contribution in [0.3, 0.4) is 0 Å². The summed E-state index contributed by atoms with van der Waals surface area (Å²) >= 11 is 5.70. The van der Waals surface area contributed by atoms with Crippen LogP contribution in [0.1, 0.15) is 62.5 Å². The second-order valence-corrected chi connectivity index (χ2v) is 15.1. The van der Waals surface area contributed by atoms with Crippen molar-refractivity contribution >= 4 is 60.5 Å². The van der Waals surface area contributed by atoms with Gasteiger partial charge in [0.1, 0.15) is 11.8 Å². The number of nitrogens with zero attached hydrogens (tertiary/aromatic N) is 2. The zero-order valence-electron chi connectivity index (χ0n) is 26.2. The van der Waals surface area contributed by atoms with Crippen molar-refractivity contribution in [1.29, 1.82) is 0 Å². The van der Waals surface area contributed by atoms with Crippen LogP contribution in [-0.4, -0.2) is 88.4 Å². The number of H-pyrrole nitrogens is 1. The summed E-state index contributed by atoms with van der Waals surface area (Å²) in [6.07, 6.45) is 8.89. The molecule has 7 aliphatic rings. The van der Waals surface area contributed by atoms with Gasteiger partial charge < -0.3 is 30.9 Å². The molecule has 46 heavy (non-hydrogen) atoms. The predicted molar refractivity (Wildman–Crippen MR) is 180 cm³/mol. The molecule has 11 nitrogen and oxygen atoms in total. The molecule has 2 bridgehead atoms. The molecule has 8 heterocycles. The van der Waals surface area contributed by atoms with Gasteiger partial charge in [-0.3, -0.25) is 9.59 Å². The van der Waals surface area contributed by atoms with Gasteiger partial charge in [-0.2, -0.15) is 17.6 Å². The molecule has 3 unspecified atom stereocenters. The van der Waals surface area contributed by atoms with Crippen molar-refractivity contribution in [1.82, 2.24) is 25.6 Å². The van der Waals surface area contributed by atoms with E-state index in [1.54, 1.807) is 6.08 Å². The number of aromatic amines is 1. The van der Waals surface area contributed by atoms with Crippen LogP contribution in [0.4, 0.5) is 0 Å². The van der Waals surface area contributed by atoms with E-state index in [9.17, 15) is 29.7 Å². The first kappa shape index (κ1) is 31.2. The molecule has 0 aromatic carbocycles. The van der Waals surface area contributed by atoms with Crippen LogP contribution in [0.25, 0.3) is 18.2 Å². The zero-order chi connectivity index (χ0) is 32.9. The Morgan fingerprint density at radius 2 is 1.91 bits per heavy atom. The number of fused-ring (bicyclic) bond motifs is 1. The highest BCUT2D eigenvalue weighted by atomic mass is 32.2. The summed E-state index contributed by atoms with van der Waals surface area (Å²) in [6, 6.07) is -0.118. The third-order valence-corrected chi connectivity index (χ3v) is 12.2. The molecule has 7 aliphatic heterocycles. The van der Waals surface area contributed by atoms with E-state index >= 15 is 0 Å². The SMILES string of the molecule is CC1=C(CCC(=O)O)/C(=C/c2[nH]c(/C=C3\NC(O)[C@H](C)[C@H]3[C@@H]3C[SH+]3)c(C)c2/C=C\C(=O)O)NC1C[C@@]12N3C(=O)/C(=C\CS)[C@]1(C)N32. The summed E-state index contributed by atoms with van der Waals surface area (Å²) in [5, 5.41) is 40.9. The Kier molecular flexibility index (Phi) is 7.35. The number of aliphatic hydroxyl groups is 1. The average molecular weight is 667 g/mol. The third kappa shape index (κ3) is 4.53. The van der Waals surface area contributed by atoms with Crippen molar-refractivity contribution in [2.24, 2.45) is 11.8 Å². The molecule has 244 valence electrons. The van der Waals surface area contributed by atoms with Gasteiger partial charge in [0.15, 0.2) is 16.7 Å². The number of carboxylic acid groups (broad SMARTS) is 2. The third-order valence-electron chi connectivity index (χ3n) is 10.9. The first-order valence-electron chi connectivity index (χ1n) is 15.7. The standard InChI is InChI=1S/C33H39N5O6S2/c1-15-18(5-7-27(39)40)22(34-21(15)11-24-29(26-14-46-26)17(3)30(43)36-24)12-23-19(6-8-28(41)42)16(2)25(35-23)13-33-32(4)20(9-10-45)31(44)37(33)38(32)33/h5,7,9,11-12,17,25-26,29-30,34-36,43,45H,6,8,10,13-14H2,1-4H3,(H,39,40)(H,41,42)/p+1/b7-5-,20-9+,23-12-,24-11-/t17-,25?,26+,29-,30?,32+,33+,37?,38?/m1/s1.